The highest BCUT2D eigenvalue weighted by molar-refractivity contribution is 5.80. The van der Waals surface area contributed by atoms with Crippen LogP contribution in [0.2, 0.25) is 0 Å². The van der Waals surface area contributed by atoms with Crippen LogP contribution in [-0.2, 0) is 16.1 Å². The molecule has 0 saturated heterocycles. The molecule has 0 aromatic heterocycles. The zero-order valence-electron chi connectivity index (χ0n) is 14.0. The standard InChI is InChI=1S/C19H20FN3O2/c1-14(25-13-15-6-3-2-4-7-15)19(24)23-11-10-22-18-9-5-8-17(20)16(18)12-21/h2-9,14,22H,10-11,13H2,1H3,(H,23,24)/t14-/m0/s1. The van der Waals surface area contributed by atoms with Crippen LogP contribution in [0.5, 0.6) is 0 Å². The number of hydrogen-bond donors (Lipinski definition) is 2. The summed E-state index contributed by atoms with van der Waals surface area (Å²) in [5.74, 6) is -0.794. The normalized spacial score (nSPS) is 11.4. The zero-order valence-corrected chi connectivity index (χ0v) is 14.0. The lowest BCUT2D eigenvalue weighted by molar-refractivity contribution is -0.132. The molecule has 2 N–H and O–H groups in total. The van der Waals surface area contributed by atoms with Gasteiger partial charge in [-0.05, 0) is 24.6 Å². The fourth-order valence-electron chi connectivity index (χ4n) is 2.18. The number of nitriles is 1. The van der Waals surface area contributed by atoms with Crippen molar-refractivity contribution < 1.29 is 13.9 Å². The number of benzene rings is 2. The van der Waals surface area contributed by atoms with Crippen LogP contribution >= 0.6 is 0 Å². The smallest absolute Gasteiger partial charge is 0.248 e. The van der Waals surface area contributed by atoms with Crippen molar-refractivity contribution in [2.24, 2.45) is 0 Å². The maximum Gasteiger partial charge on any atom is 0.248 e. The van der Waals surface area contributed by atoms with Crippen molar-refractivity contribution >= 4 is 11.6 Å². The molecule has 0 aliphatic carbocycles. The lowest BCUT2D eigenvalue weighted by atomic mass is 10.2. The molecule has 2 aromatic carbocycles. The summed E-state index contributed by atoms with van der Waals surface area (Å²) in [6.45, 7) is 2.75. The Balaban J connectivity index is 1.72. The minimum absolute atomic E-state index is 0.0339. The molecule has 1 atom stereocenters. The predicted molar refractivity (Wildman–Crippen MR) is 93.3 cm³/mol. The molecule has 130 valence electrons. The third kappa shape index (κ3) is 5.59. The van der Waals surface area contributed by atoms with E-state index in [-0.39, 0.29) is 11.5 Å². The van der Waals surface area contributed by atoms with E-state index in [0.717, 1.165) is 5.56 Å². The summed E-state index contributed by atoms with van der Waals surface area (Å²) in [7, 11) is 0. The molecule has 0 heterocycles. The predicted octanol–water partition coefficient (Wildman–Crippen LogP) is 2.83. The van der Waals surface area contributed by atoms with Crippen LogP contribution < -0.4 is 10.6 Å². The Morgan fingerprint density at radius 3 is 2.68 bits per heavy atom. The van der Waals surface area contributed by atoms with Gasteiger partial charge in [-0.15, -0.1) is 0 Å². The summed E-state index contributed by atoms with van der Waals surface area (Å²) in [6, 6.07) is 15.8. The lowest BCUT2D eigenvalue weighted by Crippen LogP contribution is -2.37. The minimum atomic E-state index is -0.580. The number of nitrogens with one attached hydrogen (secondary N) is 2. The van der Waals surface area contributed by atoms with Gasteiger partial charge in [-0.2, -0.15) is 5.26 Å². The van der Waals surface area contributed by atoms with Crippen LogP contribution in [-0.4, -0.2) is 25.1 Å². The number of carbonyl (C=O) groups excluding carboxylic acids is 1. The van der Waals surface area contributed by atoms with Crippen molar-refractivity contribution in [2.45, 2.75) is 19.6 Å². The Labute approximate surface area is 146 Å². The molecule has 0 fully saturated rings. The average molecular weight is 341 g/mol. The molecular formula is C19H20FN3O2. The van der Waals surface area contributed by atoms with E-state index in [0.29, 0.717) is 25.4 Å². The molecule has 0 unspecified atom stereocenters. The molecule has 0 saturated carbocycles. The first kappa shape index (κ1) is 18.4. The molecule has 6 heteroatoms. The number of carbonyl (C=O) groups is 1. The van der Waals surface area contributed by atoms with Crippen LogP contribution in [0.25, 0.3) is 0 Å². The van der Waals surface area contributed by atoms with Crippen LogP contribution in [0.15, 0.2) is 48.5 Å². The van der Waals surface area contributed by atoms with Gasteiger partial charge in [0.25, 0.3) is 0 Å². The maximum atomic E-state index is 13.5. The maximum absolute atomic E-state index is 13.5. The van der Waals surface area contributed by atoms with Gasteiger partial charge in [0, 0.05) is 13.1 Å². The van der Waals surface area contributed by atoms with E-state index in [1.165, 1.54) is 12.1 Å². The van der Waals surface area contributed by atoms with E-state index < -0.39 is 11.9 Å². The van der Waals surface area contributed by atoms with Crippen molar-refractivity contribution in [3.05, 3.63) is 65.5 Å². The van der Waals surface area contributed by atoms with Gasteiger partial charge in [-0.25, -0.2) is 4.39 Å². The lowest BCUT2D eigenvalue weighted by Gasteiger charge is -2.14. The summed E-state index contributed by atoms with van der Waals surface area (Å²) in [5.41, 5.74) is 1.37. The Bertz CT molecular complexity index is 744. The number of ether oxygens (including phenoxy) is 1. The first-order valence-electron chi connectivity index (χ1n) is 7.97. The minimum Gasteiger partial charge on any atom is -0.382 e. The second kappa shape index (κ2) is 9.40. The number of nitrogens with zero attached hydrogens (tertiary/aromatic N) is 1. The molecule has 1 amide bonds. The average Bonchev–Trinajstić information content (AvgIpc) is 2.64. The molecule has 0 aliphatic heterocycles. The molecule has 2 rings (SSSR count). The highest BCUT2D eigenvalue weighted by Gasteiger charge is 2.13. The Morgan fingerprint density at radius 1 is 1.20 bits per heavy atom. The Kier molecular flexibility index (Phi) is 6.93. The van der Waals surface area contributed by atoms with Crippen molar-refractivity contribution in [1.82, 2.24) is 5.32 Å². The molecule has 0 spiro atoms. The van der Waals surface area contributed by atoms with Gasteiger partial charge < -0.3 is 15.4 Å². The SMILES string of the molecule is C[C@H](OCc1ccccc1)C(=O)NCCNc1cccc(F)c1C#N. The van der Waals surface area contributed by atoms with E-state index in [2.05, 4.69) is 10.6 Å². The van der Waals surface area contributed by atoms with Crippen molar-refractivity contribution in [1.29, 1.82) is 5.26 Å². The van der Waals surface area contributed by atoms with Gasteiger partial charge in [0.05, 0.1) is 12.3 Å². The molecule has 2 aromatic rings. The number of rotatable bonds is 8. The summed E-state index contributed by atoms with van der Waals surface area (Å²) in [6.07, 6.45) is -0.580. The van der Waals surface area contributed by atoms with Crippen molar-refractivity contribution in [3.8, 4) is 6.07 Å². The quantitative estimate of drug-likeness (QED) is 0.724. The molecule has 5 nitrogen and oxygen atoms in total. The van der Waals surface area contributed by atoms with Crippen LogP contribution in [0.4, 0.5) is 10.1 Å². The fraction of sp³-hybridized carbons (Fsp3) is 0.263. The number of halogens is 1. The van der Waals surface area contributed by atoms with E-state index in [1.807, 2.05) is 36.4 Å². The summed E-state index contributed by atoms with van der Waals surface area (Å²) in [4.78, 5) is 12.0. The van der Waals surface area contributed by atoms with Crippen molar-refractivity contribution in [2.75, 3.05) is 18.4 Å². The Hall–Kier alpha value is -2.91. The zero-order chi connectivity index (χ0) is 18.1. The molecule has 0 bridgehead atoms. The second-order valence-corrected chi connectivity index (χ2v) is 5.43. The first-order valence-corrected chi connectivity index (χ1v) is 7.97. The van der Waals surface area contributed by atoms with E-state index in [4.69, 9.17) is 10.00 Å². The largest absolute Gasteiger partial charge is 0.382 e. The van der Waals surface area contributed by atoms with E-state index >= 15 is 0 Å². The van der Waals surface area contributed by atoms with Gasteiger partial charge in [0.1, 0.15) is 23.6 Å². The topological polar surface area (TPSA) is 74.2 Å². The fourth-order valence-corrected chi connectivity index (χ4v) is 2.18. The molecular weight excluding hydrogens is 321 g/mol. The number of anilines is 1. The van der Waals surface area contributed by atoms with E-state index in [1.54, 1.807) is 13.0 Å². The highest BCUT2D eigenvalue weighted by atomic mass is 19.1. The van der Waals surface area contributed by atoms with Gasteiger partial charge in [-0.1, -0.05) is 36.4 Å². The molecule has 0 radical (unpaired) electrons. The van der Waals surface area contributed by atoms with Gasteiger partial charge in [0.2, 0.25) is 5.91 Å². The summed E-state index contributed by atoms with van der Waals surface area (Å²) < 4.78 is 19.0. The second-order valence-electron chi connectivity index (χ2n) is 5.43. The monoisotopic (exact) mass is 341 g/mol. The van der Waals surface area contributed by atoms with E-state index in [9.17, 15) is 9.18 Å². The van der Waals surface area contributed by atoms with Gasteiger partial charge in [0.15, 0.2) is 0 Å². The Morgan fingerprint density at radius 2 is 1.96 bits per heavy atom. The number of hydrogen-bond acceptors (Lipinski definition) is 4. The molecule has 0 aliphatic rings. The summed E-state index contributed by atoms with van der Waals surface area (Å²) >= 11 is 0. The first-order chi connectivity index (χ1) is 12.1. The number of amides is 1. The highest BCUT2D eigenvalue weighted by Crippen LogP contribution is 2.17. The third-order valence-electron chi connectivity index (χ3n) is 3.58. The van der Waals surface area contributed by atoms with Gasteiger partial charge >= 0.3 is 0 Å². The van der Waals surface area contributed by atoms with Crippen molar-refractivity contribution in [3.63, 3.8) is 0 Å². The summed E-state index contributed by atoms with van der Waals surface area (Å²) in [5, 5.41) is 14.6. The third-order valence-corrected chi connectivity index (χ3v) is 3.58. The van der Waals surface area contributed by atoms with Crippen LogP contribution in [0, 0.1) is 17.1 Å². The van der Waals surface area contributed by atoms with Crippen LogP contribution in [0.1, 0.15) is 18.1 Å². The van der Waals surface area contributed by atoms with Gasteiger partial charge in [-0.3, -0.25) is 4.79 Å². The molecule has 25 heavy (non-hydrogen) atoms. The van der Waals surface area contributed by atoms with Crippen LogP contribution in [0.3, 0.4) is 0 Å².